The molecule has 2 aromatic carbocycles. The van der Waals surface area contributed by atoms with E-state index in [1.54, 1.807) is 0 Å². The molecule has 0 atom stereocenters. The second-order valence-corrected chi connectivity index (χ2v) is 8.04. The Kier molecular flexibility index (Phi) is 9.84. The minimum atomic E-state index is -0.616. The number of hydrogen-bond donors (Lipinski definition) is 1. The Labute approximate surface area is 184 Å². The summed E-state index contributed by atoms with van der Waals surface area (Å²) in [5.74, 6) is 0. The number of rotatable bonds is 10. The van der Waals surface area contributed by atoms with E-state index in [9.17, 15) is 9.59 Å². The molecule has 0 spiro atoms. The lowest BCUT2D eigenvalue weighted by atomic mass is 10.2. The smallest absolute Gasteiger partial charge is 0.434 e. The van der Waals surface area contributed by atoms with Crippen LogP contribution < -0.4 is 5.32 Å². The lowest BCUT2D eigenvalue weighted by molar-refractivity contribution is -0.156. The van der Waals surface area contributed by atoms with E-state index in [1.807, 2.05) is 81.4 Å². The van der Waals surface area contributed by atoms with Crippen LogP contribution in [-0.4, -0.2) is 35.9 Å². The Morgan fingerprint density at radius 3 is 2.03 bits per heavy atom. The van der Waals surface area contributed by atoms with Crippen molar-refractivity contribution in [2.24, 2.45) is 0 Å². The van der Waals surface area contributed by atoms with Crippen LogP contribution in [0, 0.1) is 0 Å². The molecule has 0 aliphatic rings. The van der Waals surface area contributed by atoms with Crippen LogP contribution in [0.25, 0.3) is 0 Å². The van der Waals surface area contributed by atoms with Crippen LogP contribution >= 0.6 is 0 Å². The monoisotopic (exact) mass is 428 g/mol. The predicted molar refractivity (Wildman–Crippen MR) is 118 cm³/mol. The van der Waals surface area contributed by atoms with Crippen molar-refractivity contribution in [3.05, 3.63) is 71.8 Å². The molecule has 0 bridgehead atoms. The molecule has 0 aromatic heterocycles. The number of unbranched alkanes of at least 4 members (excludes halogenated alkanes) is 1. The van der Waals surface area contributed by atoms with E-state index in [1.165, 1.54) is 5.06 Å². The zero-order chi connectivity index (χ0) is 22.5. The molecule has 0 aliphatic heterocycles. The van der Waals surface area contributed by atoms with Crippen LogP contribution in [0.1, 0.15) is 44.7 Å². The second kappa shape index (κ2) is 12.6. The van der Waals surface area contributed by atoms with Crippen LogP contribution in [0.5, 0.6) is 0 Å². The fraction of sp³-hybridized carbons (Fsp3) is 0.417. The molecule has 168 valence electrons. The maximum Gasteiger partial charge on any atom is 0.434 e. The van der Waals surface area contributed by atoms with Crippen molar-refractivity contribution in [1.29, 1.82) is 0 Å². The number of alkyl carbamates (subject to hydrolysis) is 1. The molecule has 2 amide bonds. The van der Waals surface area contributed by atoms with Crippen molar-refractivity contribution in [3.8, 4) is 0 Å². The molecule has 0 heterocycles. The second-order valence-electron chi connectivity index (χ2n) is 8.04. The molecule has 0 saturated heterocycles. The minimum Gasteiger partial charge on any atom is -0.445 e. The summed E-state index contributed by atoms with van der Waals surface area (Å²) in [7, 11) is 0. The van der Waals surface area contributed by atoms with Crippen LogP contribution in [0.4, 0.5) is 9.59 Å². The first-order valence-electron chi connectivity index (χ1n) is 10.5. The summed E-state index contributed by atoms with van der Waals surface area (Å²) in [5, 5.41) is 3.96. The average Bonchev–Trinajstić information content (AvgIpc) is 2.74. The first-order chi connectivity index (χ1) is 14.8. The van der Waals surface area contributed by atoms with Gasteiger partial charge in [-0.05, 0) is 44.7 Å². The van der Waals surface area contributed by atoms with Gasteiger partial charge in [-0.1, -0.05) is 60.7 Å². The molecule has 0 fully saturated rings. The van der Waals surface area contributed by atoms with Crippen LogP contribution in [0.3, 0.4) is 0 Å². The van der Waals surface area contributed by atoms with E-state index in [-0.39, 0.29) is 13.2 Å². The van der Waals surface area contributed by atoms with Crippen molar-refractivity contribution in [2.45, 2.75) is 52.4 Å². The number of carbonyl (C=O) groups is 2. The van der Waals surface area contributed by atoms with E-state index in [0.717, 1.165) is 11.1 Å². The Hall–Kier alpha value is -3.06. The Balaban J connectivity index is 1.71. The highest BCUT2D eigenvalue weighted by Gasteiger charge is 2.22. The summed E-state index contributed by atoms with van der Waals surface area (Å²) in [5.41, 5.74) is 1.27. The lowest BCUT2D eigenvalue weighted by Crippen LogP contribution is -2.37. The van der Waals surface area contributed by atoms with Gasteiger partial charge in [0, 0.05) is 6.54 Å². The number of nitrogens with zero attached hydrogens (tertiary/aromatic N) is 1. The van der Waals surface area contributed by atoms with Crippen molar-refractivity contribution in [3.63, 3.8) is 0 Å². The average molecular weight is 429 g/mol. The van der Waals surface area contributed by atoms with E-state index in [4.69, 9.17) is 14.3 Å². The van der Waals surface area contributed by atoms with Gasteiger partial charge in [0.15, 0.2) is 0 Å². The van der Waals surface area contributed by atoms with Gasteiger partial charge in [-0.2, -0.15) is 5.06 Å². The van der Waals surface area contributed by atoms with E-state index >= 15 is 0 Å². The molecular formula is C24H32N2O5. The fourth-order valence-electron chi connectivity index (χ4n) is 2.59. The highest BCUT2D eigenvalue weighted by atomic mass is 16.7. The topological polar surface area (TPSA) is 77.1 Å². The third kappa shape index (κ3) is 10.5. The minimum absolute atomic E-state index is 0.229. The van der Waals surface area contributed by atoms with Crippen molar-refractivity contribution in [1.82, 2.24) is 10.4 Å². The molecule has 2 rings (SSSR count). The van der Waals surface area contributed by atoms with Gasteiger partial charge in [-0.3, -0.25) is 4.84 Å². The number of nitrogens with one attached hydrogen (secondary N) is 1. The summed E-state index contributed by atoms with van der Waals surface area (Å²) in [6, 6.07) is 19.1. The summed E-state index contributed by atoms with van der Waals surface area (Å²) >= 11 is 0. The van der Waals surface area contributed by atoms with Gasteiger partial charge in [-0.15, -0.1) is 0 Å². The highest BCUT2D eigenvalue weighted by molar-refractivity contribution is 5.67. The van der Waals surface area contributed by atoms with Crippen molar-refractivity contribution in [2.75, 3.05) is 13.1 Å². The van der Waals surface area contributed by atoms with E-state index in [2.05, 4.69) is 5.32 Å². The Bertz CT molecular complexity index is 791. The normalized spacial score (nSPS) is 10.9. The van der Waals surface area contributed by atoms with Gasteiger partial charge in [0.05, 0.1) is 6.54 Å². The lowest BCUT2D eigenvalue weighted by Gasteiger charge is -2.26. The standard InChI is InChI=1S/C24H32N2O5/c1-24(2,3)31-23(28)26(30-19-21-14-8-5-9-15-21)17-11-10-16-25-22(27)29-18-20-12-6-4-7-13-20/h4-9,12-15H,10-11,16-19H2,1-3H3,(H,25,27). The zero-order valence-corrected chi connectivity index (χ0v) is 18.5. The summed E-state index contributed by atoms with van der Waals surface area (Å²) in [6.07, 6.45) is 0.299. The Morgan fingerprint density at radius 2 is 1.45 bits per heavy atom. The number of hydroxylamine groups is 2. The molecule has 0 saturated carbocycles. The first kappa shape index (κ1) is 24.2. The van der Waals surface area contributed by atoms with Crippen molar-refractivity contribution >= 4 is 12.2 Å². The molecular weight excluding hydrogens is 396 g/mol. The van der Waals surface area contributed by atoms with E-state index in [0.29, 0.717) is 25.9 Å². The maximum atomic E-state index is 12.5. The predicted octanol–water partition coefficient (Wildman–Crippen LogP) is 5.06. The number of benzene rings is 2. The molecule has 7 nitrogen and oxygen atoms in total. The van der Waals surface area contributed by atoms with Crippen molar-refractivity contribution < 1.29 is 23.9 Å². The van der Waals surface area contributed by atoms with Gasteiger partial charge in [0.25, 0.3) is 0 Å². The number of ether oxygens (including phenoxy) is 2. The summed E-state index contributed by atoms with van der Waals surface area (Å²) in [6.45, 7) is 6.72. The number of hydrogen-bond acceptors (Lipinski definition) is 5. The van der Waals surface area contributed by atoms with Gasteiger partial charge in [-0.25, -0.2) is 9.59 Å². The van der Waals surface area contributed by atoms with E-state index < -0.39 is 17.8 Å². The van der Waals surface area contributed by atoms with Crippen LogP contribution in [-0.2, 0) is 27.5 Å². The van der Waals surface area contributed by atoms with Crippen LogP contribution in [0.2, 0.25) is 0 Å². The van der Waals surface area contributed by atoms with Gasteiger partial charge in [0.1, 0.15) is 18.8 Å². The highest BCUT2D eigenvalue weighted by Crippen LogP contribution is 2.12. The third-order valence-electron chi connectivity index (χ3n) is 4.10. The number of amides is 2. The molecule has 0 aliphatic carbocycles. The number of carbonyl (C=O) groups excluding carboxylic acids is 2. The Morgan fingerprint density at radius 1 is 0.871 bits per heavy atom. The third-order valence-corrected chi connectivity index (χ3v) is 4.10. The molecule has 1 N–H and O–H groups in total. The quantitative estimate of drug-likeness (QED) is 0.423. The SMILES string of the molecule is CC(C)(C)OC(=O)N(CCCCNC(=O)OCc1ccccc1)OCc1ccccc1. The maximum absolute atomic E-state index is 12.5. The fourth-order valence-corrected chi connectivity index (χ4v) is 2.59. The molecule has 2 aromatic rings. The summed E-state index contributed by atoms with van der Waals surface area (Å²) in [4.78, 5) is 30.0. The van der Waals surface area contributed by atoms with Crippen LogP contribution in [0.15, 0.2) is 60.7 Å². The van der Waals surface area contributed by atoms with Gasteiger partial charge < -0.3 is 14.8 Å². The molecule has 7 heteroatoms. The summed E-state index contributed by atoms with van der Waals surface area (Å²) < 4.78 is 10.6. The molecule has 0 radical (unpaired) electrons. The van der Waals surface area contributed by atoms with Gasteiger partial charge in [0.2, 0.25) is 0 Å². The first-order valence-corrected chi connectivity index (χ1v) is 10.5. The molecule has 0 unspecified atom stereocenters. The van der Waals surface area contributed by atoms with Gasteiger partial charge >= 0.3 is 12.2 Å². The molecule has 31 heavy (non-hydrogen) atoms. The largest absolute Gasteiger partial charge is 0.445 e. The zero-order valence-electron chi connectivity index (χ0n) is 18.5.